The summed E-state index contributed by atoms with van der Waals surface area (Å²) < 4.78 is 0. The lowest BCUT2D eigenvalue weighted by Crippen LogP contribution is -2.37. The number of hydroxylamine groups is 2. The van der Waals surface area contributed by atoms with Gasteiger partial charge in [0.05, 0.1) is 19.6 Å². The number of rotatable bonds is 3. The zero-order valence-electron chi connectivity index (χ0n) is 8.50. The standard InChI is InChI=1S/C10H18N2O2/c13-10-5-8-14-12(10)7-4-9-3-1-2-6-11-9/h9,11H,1-8H2. The number of piperidine rings is 1. The SMILES string of the molecule is O=C1CCON1CCC1CCCCN1. The Morgan fingerprint density at radius 2 is 2.43 bits per heavy atom. The largest absolute Gasteiger partial charge is 0.314 e. The highest BCUT2D eigenvalue weighted by Crippen LogP contribution is 2.13. The third kappa shape index (κ3) is 2.45. The number of nitrogens with one attached hydrogen (secondary N) is 1. The molecule has 0 aromatic heterocycles. The molecule has 0 aromatic rings. The summed E-state index contributed by atoms with van der Waals surface area (Å²) in [6.45, 7) is 2.44. The third-order valence-electron chi connectivity index (χ3n) is 2.93. The van der Waals surface area contributed by atoms with Crippen LogP contribution in [0.25, 0.3) is 0 Å². The van der Waals surface area contributed by atoms with Crippen LogP contribution in [0.5, 0.6) is 0 Å². The molecule has 2 rings (SSSR count). The van der Waals surface area contributed by atoms with E-state index < -0.39 is 0 Å². The van der Waals surface area contributed by atoms with E-state index in [2.05, 4.69) is 5.32 Å². The predicted octanol–water partition coefficient (Wildman–Crippen LogP) is 0.682. The predicted molar refractivity (Wildman–Crippen MR) is 52.5 cm³/mol. The van der Waals surface area contributed by atoms with E-state index in [4.69, 9.17) is 4.84 Å². The lowest BCUT2D eigenvalue weighted by atomic mass is 10.0. The Morgan fingerprint density at radius 3 is 3.07 bits per heavy atom. The van der Waals surface area contributed by atoms with Gasteiger partial charge in [-0.25, -0.2) is 5.06 Å². The highest BCUT2D eigenvalue weighted by atomic mass is 16.7. The molecule has 2 heterocycles. The van der Waals surface area contributed by atoms with Crippen LogP contribution in [0.15, 0.2) is 0 Å². The minimum atomic E-state index is 0.140. The van der Waals surface area contributed by atoms with Crippen LogP contribution in [0.2, 0.25) is 0 Å². The molecular formula is C10H18N2O2. The molecule has 2 aliphatic heterocycles. The molecular weight excluding hydrogens is 180 g/mol. The number of hydrogen-bond donors (Lipinski definition) is 1. The molecule has 4 heteroatoms. The molecule has 0 aliphatic carbocycles. The molecule has 1 atom stereocenters. The fraction of sp³-hybridized carbons (Fsp3) is 0.900. The van der Waals surface area contributed by atoms with Crippen LogP contribution < -0.4 is 5.32 Å². The second-order valence-corrected chi connectivity index (χ2v) is 4.01. The summed E-state index contributed by atoms with van der Waals surface area (Å²) in [5.41, 5.74) is 0. The van der Waals surface area contributed by atoms with Crippen LogP contribution in [0.1, 0.15) is 32.1 Å². The summed E-state index contributed by atoms with van der Waals surface area (Å²) in [4.78, 5) is 16.4. The van der Waals surface area contributed by atoms with Crippen LogP contribution in [0.3, 0.4) is 0 Å². The Kier molecular flexibility index (Phi) is 3.37. The van der Waals surface area contributed by atoms with Crippen molar-refractivity contribution in [3.63, 3.8) is 0 Å². The smallest absolute Gasteiger partial charge is 0.248 e. The highest BCUT2D eigenvalue weighted by Gasteiger charge is 2.22. The quantitative estimate of drug-likeness (QED) is 0.725. The van der Waals surface area contributed by atoms with E-state index >= 15 is 0 Å². The second kappa shape index (κ2) is 4.75. The summed E-state index contributed by atoms with van der Waals surface area (Å²) in [5.74, 6) is 0.140. The molecule has 1 unspecified atom stereocenters. The van der Waals surface area contributed by atoms with Crippen molar-refractivity contribution in [2.75, 3.05) is 19.7 Å². The van der Waals surface area contributed by atoms with Crippen LogP contribution in [-0.4, -0.2) is 36.7 Å². The van der Waals surface area contributed by atoms with E-state index in [9.17, 15) is 4.79 Å². The Hall–Kier alpha value is -0.610. The zero-order valence-corrected chi connectivity index (χ0v) is 8.50. The van der Waals surface area contributed by atoms with Crippen LogP contribution in [-0.2, 0) is 9.63 Å². The minimum Gasteiger partial charge on any atom is -0.314 e. The van der Waals surface area contributed by atoms with E-state index in [0.717, 1.165) is 19.5 Å². The summed E-state index contributed by atoms with van der Waals surface area (Å²) in [6, 6.07) is 0.584. The van der Waals surface area contributed by atoms with E-state index in [1.165, 1.54) is 24.3 Å². The fourth-order valence-corrected chi connectivity index (χ4v) is 2.07. The van der Waals surface area contributed by atoms with E-state index in [-0.39, 0.29) is 5.91 Å². The first kappa shape index (κ1) is 9.93. The summed E-state index contributed by atoms with van der Waals surface area (Å²) in [5, 5.41) is 4.99. The van der Waals surface area contributed by atoms with Gasteiger partial charge in [0, 0.05) is 6.04 Å². The van der Waals surface area contributed by atoms with Gasteiger partial charge in [0.2, 0.25) is 5.91 Å². The van der Waals surface area contributed by atoms with Gasteiger partial charge in [0.1, 0.15) is 0 Å². The number of amides is 1. The average molecular weight is 198 g/mol. The first-order valence-electron chi connectivity index (χ1n) is 5.53. The van der Waals surface area contributed by atoms with Gasteiger partial charge in [-0.15, -0.1) is 0 Å². The first-order valence-corrected chi connectivity index (χ1v) is 5.53. The third-order valence-corrected chi connectivity index (χ3v) is 2.93. The maximum absolute atomic E-state index is 11.2. The molecule has 0 saturated carbocycles. The highest BCUT2D eigenvalue weighted by molar-refractivity contribution is 5.76. The van der Waals surface area contributed by atoms with Crippen LogP contribution in [0, 0.1) is 0 Å². The number of hydrogen-bond acceptors (Lipinski definition) is 3. The van der Waals surface area contributed by atoms with Gasteiger partial charge in [0.15, 0.2) is 0 Å². The lowest BCUT2D eigenvalue weighted by molar-refractivity contribution is -0.162. The Morgan fingerprint density at radius 1 is 1.50 bits per heavy atom. The fourth-order valence-electron chi connectivity index (χ4n) is 2.07. The average Bonchev–Trinajstić information content (AvgIpc) is 2.63. The maximum atomic E-state index is 11.2. The van der Waals surface area contributed by atoms with Crippen molar-refractivity contribution in [2.24, 2.45) is 0 Å². The first-order chi connectivity index (χ1) is 6.86. The van der Waals surface area contributed by atoms with Gasteiger partial charge in [-0.3, -0.25) is 9.63 Å². The molecule has 0 radical (unpaired) electrons. The van der Waals surface area contributed by atoms with Gasteiger partial charge < -0.3 is 5.32 Å². The minimum absolute atomic E-state index is 0.140. The van der Waals surface area contributed by atoms with Gasteiger partial charge in [-0.05, 0) is 25.8 Å². The van der Waals surface area contributed by atoms with Crippen molar-refractivity contribution in [3.8, 4) is 0 Å². The van der Waals surface area contributed by atoms with Crippen LogP contribution >= 0.6 is 0 Å². The maximum Gasteiger partial charge on any atom is 0.248 e. The summed E-state index contributed by atoms with van der Waals surface area (Å²) in [7, 11) is 0. The molecule has 4 nitrogen and oxygen atoms in total. The van der Waals surface area contributed by atoms with Gasteiger partial charge in [-0.2, -0.15) is 0 Å². The van der Waals surface area contributed by atoms with Crippen molar-refractivity contribution in [1.29, 1.82) is 0 Å². The second-order valence-electron chi connectivity index (χ2n) is 4.01. The molecule has 0 spiro atoms. The Bertz CT molecular complexity index is 202. The molecule has 1 N–H and O–H groups in total. The molecule has 0 aromatic carbocycles. The van der Waals surface area contributed by atoms with Crippen molar-refractivity contribution >= 4 is 5.91 Å². The molecule has 1 amide bonds. The molecule has 2 fully saturated rings. The monoisotopic (exact) mass is 198 g/mol. The number of carbonyl (C=O) groups is 1. The topological polar surface area (TPSA) is 41.6 Å². The zero-order chi connectivity index (χ0) is 9.80. The Labute approximate surface area is 84.6 Å². The lowest BCUT2D eigenvalue weighted by Gasteiger charge is -2.25. The van der Waals surface area contributed by atoms with Crippen LogP contribution in [0.4, 0.5) is 0 Å². The van der Waals surface area contributed by atoms with Crippen molar-refractivity contribution in [3.05, 3.63) is 0 Å². The van der Waals surface area contributed by atoms with Gasteiger partial charge in [0.25, 0.3) is 0 Å². The number of nitrogens with zero attached hydrogens (tertiary/aromatic N) is 1. The normalized spacial score (nSPS) is 28.4. The van der Waals surface area contributed by atoms with Crippen molar-refractivity contribution in [2.45, 2.75) is 38.1 Å². The molecule has 2 saturated heterocycles. The van der Waals surface area contributed by atoms with E-state index in [0.29, 0.717) is 19.1 Å². The van der Waals surface area contributed by atoms with Gasteiger partial charge in [-0.1, -0.05) is 6.42 Å². The molecule has 14 heavy (non-hydrogen) atoms. The summed E-state index contributed by atoms with van der Waals surface area (Å²) in [6.07, 6.45) is 5.41. The Balaban J connectivity index is 1.68. The number of carbonyl (C=O) groups excluding carboxylic acids is 1. The van der Waals surface area contributed by atoms with Crippen molar-refractivity contribution in [1.82, 2.24) is 10.4 Å². The molecule has 80 valence electrons. The molecule has 2 aliphatic rings. The van der Waals surface area contributed by atoms with E-state index in [1.807, 2.05) is 0 Å². The summed E-state index contributed by atoms with van der Waals surface area (Å²) >= 11 is 0. The van der Waals surface area contributed by atoms with Gasteiger partial charge >= 0.3 is 0 Å². The van der Waals surface area contributed by atoms with E-state index in [1.54, 1.807) is 0 Å². The van der Waals surface area contributed by atoms with Crippen molar-refractivity contribution < 1.29 is 9.63 Å². The molecule has 0 bridgehead atoms.